The number of rotatable bonds is 10. The summed E-state index contributed by atoms with van der Waals surface area (Å²) in [6.45, 7) is 9.11. The highest BCUT2D eigenvalue weighted by atomic mass is 35.5. The lowest BCUT2D eigenvalue weighted by Crippen LogP contribution is -2.28. The highest BCUT2D eigenvalue weighted by molar-refractivity contribution is 6.20. The van der Waals surface area contributed by atoms with E-state index in [1.54, 1.807) is 0 Å². The van der Waals surface area contributed by atoms with Crippen molar-refractivity contribution in [1.82, 2.24) is 0 Å². The second kappa shape index (κ2) is 8.13. The summed E-state index contributed by atoms with van der Waals surface area (Å²) in [4.78, 5) is 0. The Balaban J connectivity index is 2.72. The zero-order valence-electron chi connectivity index (χ0n) is 13.2. The first-order valence-corrected chi connectivity index (χ1v) is 9.22. The average molecular weight is 307 g/mol. The van der Waals surface area contributed by atoms with Crippen LogP contribution < -0.4 is 0 Å². The minimum atomic E-state index is 0.300. The maximum Gasteiger partial charge on any atom is 0.0307 e. The lowest BCUT2D eigenvalue weighted by Gasteiger charge is -2.34. The first-order chi connectivity index (χ1) is 9.05. The van der Waals surface area contributed by atoms with Gasteiger partial charge >= 0.3 is 0 Å². The summed E-state index contributed by atoms with van der Waals surface area (Å²) < 4.78 is 0. The van der Waals surface area contributed by atoms with E-state index < -0.39 is 0 Å². The molecule has 0 bridgehead atoms. The van der Waals surface area contributed by atoms with Gasteiger partial charge in [0.1, 0.15) is 0 Å². The van der Waals surface area contributed by atoms with Crippen LogP contribution in [0.25, 0.3) is 0 Å². The van der Waals surface area contributed by atoms with Crippen LogP contribution in [0.15, 0.2) is 0 Å². The fourth-order valence-corrected chi connectivity index (χ4v) is 4.90. The molecule has 2 heteroatoms. The predicted octanol–water partition coefficient (Wildman–Crippen LogP) is 6.49. The molecule has 0 saturated heterocycles. The van der Waals surface area contributed by atoms with Crippen molar-refractivity contribution in [3.05, 3.63) is 0 Å². The van der Waals surface area contributed by atoms with Crippen LogP contribution in [0.3, 0.4) is 0 Å². The third-order valence-electron chi connectivity index (χ3n) is 5.50. The number of hydrogen-bond acceptors (Lipinski definition) is 0. The van der Waals surface area contributed by atoms with Crippen LogP contribution >= 0.6 is 23.2 Å². The summed E-state index contributed by atoms with van der Waals surface area (Å²) in [5, 5.41) is 0.300. The van der Waals surface area contributed by atoms with E-state index in [1.807, 2.05) is 0 Å². The third kappa shape index (κ3) is 4.27. The molecular weight excluding hydrogens is 275 g/mol. The van der Waals surface area contributed by atoms with Crippen LogP contribution in [0.5, 0.6) is 0 Å². The zero-order chi connectivity index (χ0) is 14.5. The van der Waals surface area contributed by atoms with Gasteiger partial charge < -0.3 is 0 Å². The fourth-order valence-electron chi connectivity index (χ4n) is 4.21. The molecule has 0 N–H and O–H groups in total. The quantitative estimate of drug-likeness (QED) is 0.404. The van der Waals surface area contributed by atoms with Gasteiger partial charge in [-0.05, 0) is 55.8 Å². The smallest absolute Gasteiger partial charge is 0.0307 e. The van der Waals surface area contributed by atoms with E-state index in [2.05, 4.69) is 27.7 Å². The molecule has 0 spiro atoms. The van der Waals surface area contributed by atoms with Crippen molar-refractivity contribution >= 4 is 23.2 Å². The van der Waals surface area contributed by atoms with Gasteiger partial charge in [0.2, 0.25) is 0 Å². The van der Waals surface area contributed by atoms with Crippen molar-refractivity contribution in [2.45, 2.75) is 78.0 Å². The molecule has 0 aromatic carbocycles. The molecule has 1 rings (SSSR count). The van der Waals surface area contributed by atoms with Crippen molar-refractivity contribution < 1.29 is 0 Å². The van der Waals surface area contributed by atoms with E-state index in [9.17, 15) is 0 Å². The van der Waals surface area contributed by atoms with Gasteiger partial charge in [-0.1, -0.05) is 40.0 Å². The Kier molecular flexibility index (Phi) is 7.54. The normalized spacial score (nSPS) is 30.9. The van der Waals surface area contributed by atoms with E-state index in [0.29, 0.717) is 16.7 Å². The minimum absolute atomic E-state index is 0.300. The summed E-state index contributed by atoms with van der Waals surface area (Å²) in [5.74, 6) is 3.25. The van der Waals surface area contributed by atoms with Gasteiger partial charge in [-0.3, -0.25) is 0 Å². The van der Waals surface area contributed by atoms with Gasteiger partial charge in [0.05, 0.1) is 0 Å². The second-order valence-corrected chi connectivity index (χ2v) is 7.62. The second-order valence-electron chi connectivity index (χ2n) is 6.56. The third-order valence-corrected chi connectivity index (χ3v) is 6.05. The molecule has 114 valence electrons. The Morgan fingerprint density at radius 3 is 2.21 bits per heavy atom. The van der Waals surface area contributed by atoms with Gasteiger partial charge in [-0.15, -0.1) is 23.2 Å². The van der Waals surface area contributed by atoms with E-state index in [0.717, 1.165) is 24.1 Å². The number of halogens is 2. The van der Waals surface area contributed by atoms with Crippen LogP contribution in [0, 0.1) is 23.2 Å². The van der Waals surface area contributed by atoms with Gasteiger partial charge in [-0.25, -0.2) is 0 Å². The Morgan fingerprint density at radius 2 is 1.84 bits per heavy atom. The molecule has 0 aromatic heterocycles. The molecule has 1 aliphatic carbocycles. The topological polar surface area (TPSA) is 0 Å². The van der Waals surface area contributed by atoms with Crippen LogP contribution in [-0.4, -0.2) is 11.3 Å². The van der Waals surface area contributed by atoms with Crippen LogP contribution in [0.1, 0.15) is 72.6 Å². The highest BCUT2D eigenvalue weighted by Gasteiger charge is 2.57. The first-order valence-electron chi connectivity index (χ1n) is 8.25. The Bertz CT molecular complexity index is 252. The van der Waals surface area contributed by atoms with E-state index in [4.69, 9.17) is 23.2 Å². The molecule has 0 aromatic rings. The Morgan fingerprint density at radius 1 is 1.16 bits per heavy atom. The lowest BCUT2D eigenvalue weighted by molar-refractivity contribution is 0.180. The molecule has 1 fully saturated rings. The molecular formula is C17H32Cl2. The van der Waals surface area contributed by atoms with Crippen LogP contribution in [0.2, 0.25) is 0 Å². The monoisotopic (exact) mass is 306 g/mol. The number of hydrogen-bond donors (Lipinski definition) is 0. The van der Waals surface area contributed by atoms with Crippen molar-refractivity contribution in [2.24, 2.45) is 23.2 Å². The first kappa shape index (κ1) is 17.6. The van der Waals surface area contributed by atoms with Gasteiger partial charge in [0, 0.05) is 11.3 Å². The van der Waals surface area contributed by atoms with Crippen molar-refractivity contribution in [2.75, 3.05) is 5.88 Å². The zero-order valence-corrected chi connectivity index (χ0v) is 14.7. The predicted molar refractivity (Wildman–Crippen MR) is 88.3 cm³/mol. The summed E-state index contributed by atoms with van der Waals surface area (Å²) in [6, 6.07) is 0. The average Bonchev–Trinajstić information content (AvgIpc) is 3.11. The molecule has 1 saturated carbocycles. The fraction of sp³-hybridized carbons (Fsp3) is 1.00. The highest BCUT2D eigenvalue weighted by Crippen LogP contribution is 2.64. The van der Waals surface area contributed by atoms with Crippen LogP contribution in [-0.2, 0) is 0 Å². The SMILES string of the molecule is CCC[C@@H](CC[C@H](C)Cl)C(CCl)C1(CC)C[C@@H]1CC. The Hall–Kier alpha value is 0.580. The molecule has 0 amide bonds. The van der Waals surface area contributed by atoms with Gasteiger partial charge in [0.25, 0.3) is 0 Å². The molecule has 0 aliphatic heterocycles. The largest absolute Gasteiger partial charge is 0.126 e. The minimum Gasteiger partial charge on any atom is -0.126 e. The molecule has 1 aliphatic rings. The van der Waals surface area contributed by atoms with Crippen molar-refractivity contribution in [3.63, 3.8) is 0 Å². The molecule has 5 atom stereocenters. The molecule has 0 radical (unpaired) electrons. The lowest BCUT2D eigenvalue weighted by atomic mass is 9.73. The van der Waals surface area contributed by atoms with E-state index >= 15 is 0 Å². The van der Waals surface area contributed by atoms with Gasteiger partial charge in [-0.2, -0.15) is 0 Å². The molecule has 19 heavy (non-hydrogen) atoms. The summed E-state index contributed by atoms with van der Waals surface area (Å²) in [6.07, 6.45) is 9.02. The summed E-state index contributed by atoms with van der Waals surface area (Å²) >= 11 is 12.6. The van der Waals surface area contributed by atoms with E-state index in [-0.39, 0.29) is 0 Å². The van der Waals surface area contributed by atoms with Crippen molar-refractivity contribution in [1.29, 1.82) is 0 Å². The van der Waals surface area contributed by atoms with Crippen molar-refractivity contribution in [3.8, 4) is 0 Å². The molecule has 0 nitrogen and oxygen atoms in total. The summed E-state index contributed by atoms with van der Waals surface area (Å²) in [7, 11) is 0. The Labute approximate surface area is 130 Å². The molecule has 0 heterocycles. The number of alkyl halides is 2. The van der Waals surface area contributed by atoms with Crippen LogP contribution in [0.4, 0.5) is 0 Å². The van der Waals surface area contributed by atoms with E-state index in [1.165, 1.54) is 38.5 Å². The van der Waals surface area contributed by atoms with Gasteiger partial charge in [0.15, 0.2) is 0 Å². The maximum absolute atomic E-state index is 6.41. The summed E-state index contributed by atoms with van der Waals surface area (Å²) in [5.41, 5.74) is 0.561. The standard InChI is InChI=1S/C17H32Cl2/c1-5-8-14(10-9-13(4)19)16(12-18)17(7-3)11-15(17)6-2/h13-16H,5-12H2,1-4H3/t13-,14-,15-,16?,17?/m0/s1. The maximum atomic E-state index is 6.41. The molecule has 2 unspecified atom stereocenters.